The normalized spacial score (nSPS) is 22.8. The van der Waals surface area contributed by atoms with Crippen molar-refractivity contribution in [3.05, 3.63) is 22.7 Å². The van der Waals surface area contributed by atoms with E-state index in [-0.39, 0.29) is 35.4 Å². The van der Waals surface area contributed by atoms with E-state index >= 15 is 0 Å². The van der Waals surface area contributed by atoms with Gasteiger partial charge in [-0.05, 0) is 31.5 Å². The van der Waals surface area contributed by atoms with Crippen molar-refractivity contribution in [2.24, 2.45) is 5.41 Å². The summed E-state index contributed by atoms with van der Waals surface area (Å²) < 4.78 is 29.3. The Hall–Kier alpha value is -1.16. The zero-order chi connectivity index (χ0) is 20.7. The molecule has 1 atom stereocenters. The van der Waals surface area contributed by atoms with Crippen molar-refractivity contribution in [3.63, 3.8) is 0 Å². The van der Waals surface area contributed by atoms with Crippen LogP contribution in [0.3, 0.4) is 0 Å². The van der Waals surface area contributed by atoms with Crippen LogP contribution in [0.2, 0.25) is 0 Å². The number of halogens is 1. The van der Waals surface area contributed by atoms with E-state index in [1.54, 1.807) is 17.0 Å². The van der Waals surface area contributed by atoms with Crippen LogP contribution in [0.4, 0.5) is 5.69 Å². The van der Waals surface area contributed by atoms with Crippen LogP contribution < -0.4 is 4.90 Å². The maximum absolute atomic E-state index is 13.5. The van der Waals surface area contributed by atoms with Gasteiger partial charge in [0.15, 0.2) is 0 Å². The molecule has 0 bridgehead atoms. The Bertz CT molecular complexity index is 849. The van der Waals surface area contributed by atoms with Crippen LogP contribution in [0.25, 0.3) is 0 Å². The number of carbonyl (C=O) groups excluding carboxylic acids is 1. The Balaban J connectivity index is 1.90. The molecule has 7 nitrogen and oxygen atoms in total. The molecule has 2 fully saturated rings. The van der Waals surface area contributed by atoms with Gasteiger partial charge in [0.05, 0.1) is 12.3 Å². The van der Waals surface area contributed by atoms with Crippen LogP contribution in [0.5, 0.6) is 0 Å². The molecule has 2 aliphatic rings. The maximum atomic E-state index is 13.5. The van der Waals surface area contributed by atoms with E-state index in [2.05, 4.69) is 15.9 Å². The average molecular weight is 474 g/mol. The average Bonchev–Trinajstić information content (AvgIpc) is 2.61. The first-order chi connectivity index (χ1) is 13.1. The Kier molecular flexibility index (Phi) is 6.10. The Labute approximate surface area is 175 Å². The van der Waals surface area contributed by atoms with Crippen LogP contribution in [0.1, 0.15) is 27.2 Å². The van der Waals surface area contributed by atoms with E-state index in [9.17, 15) is 18.3 Å². The van der Waals surface area contributed by atoms with E-state index in [1.165, 1.54) is 11.2 Å². The molecule has 0 spiro atoms. The van der Waals surface area contributed by atoms with Crippen molar-refractivity contribution in [1.82, 2.24) is 9.21 Å². The van der Waals surface area contributed by atoms with E-state index in [1.807, 2.05) is 24.8 Å². The van der Waals surface area contributed by atoms with Crippen molar-refractivity contribution in [3.8, 4) is 0 Å². The summed E-state index contributed by atoms with van der Waals surface area (Å²) in [6.45, 7) is 7.83. The molecule has 0 saturated carbocycles. The SMILES string of the molecule is CCC1(CO)CN(c2cc(Br)ccc2S(=O)(=O)N2CCN(C(C)=O)C[C@H]2C)C1. The molecular formula is C19H28BrN3O4S. The minimum atomic E-state index is -3.71. The highest BCUT2D eigenvalue weighted by molar-refractivity contribution is 9.10. The first kappa shape index (κ1) is 21.5. The van der Waals surface area contributed by atoms with Crippen LogP contribution in [-0.4, -0.2) is 74.0 Å². The standard InChI is InChI=1S/C19H28BrN3O4S/c1-4-19(13-24)11-22(12-19)17-9-16(20)5-6-18(17)28(26,27)23-8-7-21(15(3)25)10-14(23)2/h5-6,9,14,24H,4,7-8,10-13H2,1-3H3/t14-/m1/s1. The van der Waals surface area contributed by atoms with Gasteiger partial charge in [0.1, 0.15) is 4.90 Å². The first-order valence-electron chi connectivity index (χ1n) is 9.56. The molecular weight excluding hydrogens is 446 g/mol. The van der Waals surface area contributed by atoms with Crippen molar-refractivity contribution >= 4 is 37.5 Å². The number of aliphatic hydroxyl groups excluding tert-OH is 1. The monoisotopic (exact) mass is 473 g/mol. The molecule has 0 unspecified atom stereocenters. The lowest BCUT2D eigenvalue weighted by Gasteiger charge is -2.51. The number of amides is 1. The molecule has 0 aliphatic carbocycles. The lowest BCUT2D eigenvalue weighted by molar-refractivity contribution is -0.130. The lowest BCUT2D eigenvalue weighted by atomic mass is 9.78. The predicted octanol–water partition coefficient (Wildman–Crippen LogP) is 1.90. The zero-order valence-corrected chi connectivity index (χ0v) is 19.0. The summed E-state index contributed by atoms with van der Waals surface area (Å²) in [5.74, 6) is -0.0336. The zero-order valence-electron chi connectivity index (χ0n) is 16.6. The third-order valence-electron chi connectivity index (χ3n) is 6.00. The van der Waals surface area contributed by atoms with Gasteiger partial charge in [-0.3, -0.25) is 4.79 Å². The van der Waals surface area contributed by atoms with E-state index in [4.69, 9.17) is 0 Å². The Morgan fingerprint density at radius 3 is 2.54 bits per heavy atom. The topological polar surface area (TPSA) is 81.2 Å². The van der Waals surface area contributed by atoms with Gasteiger partial charge in [0.2, 0.25) is 15.9 Å². The third kappa shape index (κ3) is 3.81. The van der Waals surface area contributed by atoms with Crippen LogP contribution in [0.15, 0.2) is 27.6 Å². The molecule has 2 aliphatic heterocycles. The number of piperazine rings is 1. The molecule has 1 aromatic rings. The second kappa shape index (κ2) is 7.93. The summed E-state index contributed by atoms with van der Waals surface area (Å²) in [4.78, 5) is 15.6. The Morgan fingerprint density at radius 1 is 1.32 bits per heavy atom. The molecule has 28 heavy (non-hydrogen) atoms. The van der Waals surface area contributed by atoms with Gasteiger partial charge >= 0.3 is 0 Å². The third-order valence-corrected chi connectivity index (χ3v) is 8.55. The van der Waals surface area contributed by atoms with Gasteiger partial charge in [-0.25, -0.2) is 8.42 Å². The highest BCUT2D eigenvalue weighted by atomic mass is 79.9. The number of benzene rings is 1. The smallest absolute Gasteiger partial charge is 0.245 e. The fourth-order valence-corrected chi connectivity index (χ4v) is 6.19. The number of aliphatic hydroxyl groups is 1. The molecule has 156 valence electrons. The quantitative estimate of drug-likeness (QED) is 0.705. The fraction of sp³-hybridized carbons (Fsp3) is 0.632. The lowest BCUT2D eigenvalue weighted by Crippen LogP contribution is -2.59. The first-order valence-corrected chi connectivity index (χ1v) is 11.8. The van der Waals surface area contributed by atoms with Gasteiger partial charge in [-0.15, -0.1) is 0 Å². The van der Waals surface area contributed by atoms with Crippen LogP contribution >= 0.6 is 15.9 Å². The number of nitrogens with zero attached hydrogens (tertiary/aromatic N) is 3. The summed E-state index contributed by atoms with van der Waals surface area (Å²) in [5, 5.41) is 9.70. The molecule has 0 aromatic heterocycles. The number of hydrogen-bond donors (Lipinski definition) is 1. The summed E-state index contributed by atoms with van der Waals surface area (Å²) in [7, 11) is -3.71. The Morgan fingerprint density at radius 2 is 2.00 bits per heavy atom. The molecule has 2 heterocycles. The summed E-state index contributed by atoms with van der Waals surface area (Å²) >= 11 is 3.45. The second-order valence-electron chi connectivity index (χ2n) is 7.91. The molecule has 0 radical (unpaired) electrons. The molecule has 9 heteroatoms. The molecule has 1 amide bonds. The number of sulfonamides is 1. The van der Waals surface area contributed by atoms with Gasteiger partial charge in [0.25, 0.3) is 0 Å². The number of rotatable bonds is 5. The summed E-state index contributed by atoms with van der Waals surface area (Å²) in [5.41, 5.74) is 0.497. The fourth-order valence-electron chi connectivity index (χ4n) is 4.04. The van der Waals surface area contributed by atoms with E-state index in [0.717, 1.165) is 10.9 Å². The number of anilines is 1. The highest BCUT2D eigenvalue weighted by Gasteiger charge is 2.44. The van der Waals surface area contributed by atoms with Gasteiger partial charge in [0, 0.05) is 55.6 Å². The van der Waals surface area contributed by atoms with E-state index < -0.39 is 10.0 Å². The van der Waals surface area contributed by atoms with Crippen molar-refractivity contribution in [2.75, 3.05) is 44.2 Å². The minimum absolute atomic E-state index is 0.0336. The van der Waals surface area contributed by atoms with E-state index in [0.29, 0.717) is 31.9 Å². The van der Waals surface area contributed by atoms with Crippen molar-refractivity contribution in [1.29, 1.82) is 0 Å². The van der Waals surface area contributed by atoms with Crippen molar-refractivity contribution < 1.29 is 18.3 Å². The summed E-state index contributed by atoms with van der Waals surface area (Å²) in [6, 6.07) is 4.93. The van der Waals surface area contributed by atoms with Gasteiger partial charge in [-0.1, -0.05) is 22.9 Å². The van der Waals surface area contributed by atoms with Gasteiger partial charge < -0.3 is 14.9 Å². The molecule has 3 rings (SSSR count). The predicted molar refractivity (Wildman–Crippen MR) is 112 cm³/mol. The maximum Gasteiger partial charge on any atom is 0.245 e. The minimum Gasteiger partial charge on any atom is -0.396 e. The molecule has 2 saturated heterocycles. The van der Waals surface area contributed by atoms with Gasteiger partial charge in [-0.2, -0.15) is 4.31 Å². The largest absolute Gasteiger partial charge is 0.396 e. The van der Waals surface area contributed by atoms with Crippen LogP contribution in [-0.2, 0) is 14.8 Å². The van der Waals surface area contributed by atoms with Crippen molar-refractivity contribution in [2.45, 2.75) is 38.1 Å². The second-order valence-corrected chi connectivity index (χ2v) is 10.7. The number of hydrogen-bond acceptors (Lipinski definition) is 5. The van der Waals surface area contributed by atoms with Crippen LogP contribution in [0, 0.1) is 5.41 Å². The highest BCUT2D eigenvalue weighted by Crippen LogP contribution is 2.41. The number of carbonyl (C=O) groups is 1. The molecule has 1 aromatic carbocycles. The summed E-state index contributed by atoms with van der Waals surface area (Å²) in [6.07, 6.45) is 0.847. The molecule has 1 N–H and O–H groups in total.